The van der Waals surface area contributed by atoms with Gasteiger partial charge in [-0.1, -0.05) is 0 Å². The van der Waals surface area contributed by atoms with Gasteiger partial charge in [0.15, 0.2) is 0 Å². The third kappa shape index (κ3) is 3.40. The van der Waals surface area contributed by atoms with Crippen LogP contribution in [0.1, 0.15) is 13.8 Å². The van der Waals surface area contributed by atoms with Crippen molar-refractivity contribution in [3.8, 4) is 0 Å². The molecule has 2 heterocycles. The Labute approximate surface area is 107 Å². The fourth-order valence-corrected chi connectivity index (χ4v) is 2.16. The van der Waals surface area contributed by atoms with E-state index >= 15 is 0 Å². The summed E-state index contributed by atoms with van der Waals surface area (Å²) in [5.74, 6) is 0. The first-order valence-electron chi connectivity index (χ1n) is 6.40. The summed E-state index contributed by atoms with van der Waals surface area (Å²) < 4.78 is 21.7. The number of hydrogen-bond acceptors (Lipinski definition) is 6. The third-order valence-corrected chi connectivity index (χ3v) is 3.24. The summed E-state index contributed by atoms with van der Waals surface area (Å²) in [6, 6.07) is 0. The Morgan fingerprint density at radius 3 is 2.17 bits per heavy atom. The van der Waals surface area contributed by atoms with Gasteiger partial charge in [0.25, 0.3) is 0 Å². The summed E-state index contributed by atoms with van der Waals surface area (Å²) in [6.07, 6.45) is -3.15. The van der Waals surface area contributed by atoms with E-state index in [2.05, 4.69) is 0 Å². The number of ether oxygens (including phenoxy) is 4. The highest BCUT2D eigenvalue weighted by molar-refractivity contribution is 4.85. The van der Waals surface area contributed by atoms with Gasteiger partial charge in [-0.25, -0.2) is 0 Å². The molecule has 2 aliphatic heterocycles. The highest BCUT2D eigenvalue weighted by Crippen LogP contribution is 2.18. The van der Waals surface area contributed by atoms with Crippen molar-refractivity contribution in [2.45, 2.75) is 50.5 Å². The molecule has 2 aliphatic rings. The topological polar surface area (TPSA) is 77.4 Å². The molecule has 0 aliphatic carbocycles. The first-order chi connectivity index (χ1) is 8.58. The Balaban J connectivity index is 1.85. The van der Waals surface area contributed by atoms with Crippen LogP contribution in [0.2, 0.25) is 0 Å². The van der Waals surface area contributed by atoms with Crippen molar-refractivity contribution in [3.05, 3.63) is 0 Å². The van der Waals surface area contributed by atoms with E-state index < -0.39 is 24.4 Å². The van der Waals surface area contributed by atoms with E-state index in [-0.39, 0.29) is 25.4 Å². The monoisotopic (exact) mass is 262 g/mol. The first kappa shape index (κ1) is 14.2. The minimum atomic E-state index is -1.03. The van der Waals surface area contributed by atoms with Gasteiger partial charge in [0.05, 0.1) is 38.6 Å². The van der Waals surface area contributed by atoms with Gasteiger partial charge in [0, 0.05) is 0 Å². The molecule has 6 atom stereocenters. The normalized spacial score (nSPS) is 41.3. The SMILES string of the molecule is CC1CO[C@@H]([C@@H](O)[C@H](O)[C@H]2COCC(C)O2)CO1. The quantitative estimate of drug-likeness (QED) is 0.701. The Bertz CT molecular complexity index is 253. The predicted molar refractivity (Wildman–Crippen MR) is 62.3 cm³/mol. The van der Waals surface area contributed by atoms with Crippen molar-refractivity contribution in [3.63, 3.8) is 0 Å². The lowest BCUT2D eigenvalue weighted by molar-refractivity contribution is -0.219. The summed E-state index contributed by atoms with van der Waals surface area (Å²) >= 11 is 0. The van der Waals surface area contributed by atoms with Crippen molar-refractivity contribution in [1.29, 1.82) is 0 Å². The maximum absolute atomic E-state index is 10.1. The molecule has 0 aromatic rings. The van der Waals surface area contributed by atoms with Gasteiger partial charge in [0.1, 0.15) is 24.4 Å². The Morgan fingerprint density at radius 2 is 1.56 bits per heavy atom. The summed E-state index contributed by atoms with van der Waals surface area (Å²) in [6.45, 7) is 5.27. The average molecular weight is 262 g/mol. The molecule has 0 saturated carbocycles. The van der Waals surface area contributed by atoms with Gasteiger partial charge in [-0.15, -0.1) is 0 Å². The van der Waals surface area contributed by atoms with Gasteiger partial charge in [-0.2, -0.15) is 0 Å². The molecule has 0 bridgehead atoms. The fourth-order valence-electron chi connectivity index (χ4n) is 2.16. The van der Waals surface area contributed by atoms with Crippen molar-refractivity contribution in [2.24, 2.45) is 0 Å². The summed E-state index contributed by atoms with van der Waals surface area (Å²) in [5, 5.41) is 20.2. The fraction of sp³-hybridized carbons (Fsp3) is 1.00. The molecule has 0 radical (unpaired) electrons. The van der Waals surface area contributed by atoms with E-state index in [0.29, 0.717) is 13.2 Å². The lowest BCUT2D eigenvalue weighted by Crippen LogP contribution is -2.54. The largest absolute Gasteiger partial charge is 0.388 e. The lowest BCUT2D eigenvalue weighted by atomic mass is 10.0. The molecule has 2 rings (SSSR count). The van der Waals surface area contributed by atoms with Crippen molar-refractivity contribution in [1.82, 2.24) is 0 Å². The van der Waals surface area contributed by atoms with E-state index in [1.807, 2.05) is 13.8 Å². The standard InChI is InChI=1S/C12H22O6/c1-7-4-17-9(6-16-7)11(13)12(14)10-5-15-3-8(2)18-10/h7-14H,3-6H2,1-2H3/t7?,8?,9-,10-,11-,12-/m1/s1. The molecular formula is C12H22O6. The van der Waals surface area contributed by atoms with Crippen LogP contribution >= 0.6 is 0 Å². The van der Waals surface area contributed by atoms with Gasteiger partial charge < -0.3 is 29.2 Å². The van der Waals surface area contributed by atoms with Crippen LogP contribution in [0.25, 0.3) is 0 Å². The van der Waals surface area contributed by atoms with Crippen LogP contribution in [0.3, 0.4) is 0 Å². The van der Waals surface area contributed by atoms with Crippen LogP contribution in [0.5, 0.6) is 0 Å². The molecule has 106 valence electrons. The van der Waals surface area contributed by atoms with E-state index in [0.717, 1.165) is 0 Å². The molecule has 2 fully saturated rings. The van der Waals surface area contributed by atoms with Crippen molar-refractivity contribution >= 4 is 0 Å². The summed E-state index contributed by atoms with van der Waals surface area (Å²) in [7, 11) is 0. The molecule has 6 nitrogen and oxygen atoms in total. The number of hydrogen-bond donors (Lipinski definition) is 2. The summed E-state index contributed by atoms with van der Waals surface area (Å²) in [5.41, 5.74) is 0. The van der Waals surface area contributed by atoms with Crippen LogP contribution in [0, 0.1) is 0 Å². The zero-order chi connectivity index (χ0) is 13.1. The minimum Gasteiger partial charge on any atom is -0.388 e. The smallest absolute Gasteiger partial charge is 0.111 e. The maximum atomic E-state index is 10.1. The molecule has 0 spiro atoms. The molecule has 2 N–H and O–H groups in total. The molecule has 2 saturated heterocycles. The zero-order valence-corrected chi connectivity index (χ0v) is 10.8. The molecule has 0 aromatic carbocycles. The van der Waals surface area contributed by atoms with Gasteiger partial charge in [0.2, 0.25) is 0 Å². The van der Waals surface area contributed by atoms with E-state index in [4.69, 9.17) is 18.9 Å². The summed E-state index contributed by atoms with van der Waals surface area (Å²) in [4.78, 5) is 0. The second-order valence-electron chi connectivity index (χ2n) is 5.02. The van der Waals surface area contributed by atoms with Crippen molar-refractivity contribution in [2.75, 3.05) is 26.4 Å². The molecule has 0 aromatic heterocycles. The number of aliphatic hydroxyl groups excluding tert-OH is 2. The van der Waals surface area contributed by atoms with E-state index in [1.54, 1.807) is 0 Å². The average Bonchev–Trinajstić information content (AvgIpc) is 2.38. The highest BCUT2D eigenvalue weighted by atomic mass is 16.6. The first-order valence-corrected chi connectivity index (χ1v) is 6.40. The molecule has 18 heavy (non-hydrogen) atoms. The van der Waals surface area contributed by atoms with Gasteiger partial charge >= 0.3 is 0 Å². The Morgan fingerprint density at radius 1 is 0.833 bits per heavy atom. The van der Waals surface area contributed by atoms with Crippen molar-refractivity contribution < 1.29 is 29.2 Å². The van der Waals surface area contributed by atoms with Gasteiger partial charge in [-0.05, 0) is 13.8 Å². The predicted octanol–water partition coefficient (Wildman–Crippen LogP) is -0.684. The lowest BCUT2D eigenvalue weighted by Gasteiger charge is -2.37. The van der Waals surface area contributed by atoms with E-state index in [9.17, 15) is 10.2 Å². The highest BCUT2D eigenvalue weighted by Gasteiger charge is 2.37. The van der Waals surface area contributed by atoms with E-state index in [1.165, 1.54) is 0 Å². The molecule has 2 unspecified atom stereocenters. The molecule has 6 heteroatoms. The second kappa shape index (κ2) is 6.27. The molecule has 0 amide bonds. The van der Waals surface area contributed by atoms with Gasteiger partial charge in [-0.3, -0.25) is 0 Å². The minimum absolute atomic E-state index is 0.0277. The second-order valence-corrected chi connectivity index (χ2v) is 5.02. The number of aliphatic hydroxyl groups is 2. The van der Waals surface area contributed by atoms with Crippen LogP contribution in [-0.2, 0) is 18.9 Å². The Hall–Kier alpha value is -0.240. The zero-order valence-electron chi connectivity index (χ0n) is 10.8. The van der Waals surface area contributed by atoms with Crippen LogP contribution in [-0.4, -0.2) is 73.3 Å². The Kier molecular flexibility index (Phi) is 4.94. The van der Waals surface area contributed by atoms with Crippen LogP contribution < -0.4 is 0 Å². The number of rotatable bonds is 3. The maximum Gasteiger partial charge on any atom is 0.111 e. The van der Waals surface area contributed by atoms with Crippen LogP contribution in [0.15, 0.2) is 0 Å². The molecular weight excluding hydrogens is 240 g/mol. The third-order valence-electron chi connectivity index (χ3n) is 3.24. The van der Waals surface area contributed by atoms with Crippen LogP contribution in [0.4, 0.5) is 0 Å².